The van der Waals surface area contributed by atoms with Crippen molar-refractivity contribution in [1.82, 2.24) is 10.6 Å². The van der Waals surface area contributed by atoms with Crippen molar-refractivity contribution in [2.75, 3.05) is 6.54 Å². The standard InChI is InChI=1S/C17H23FN4O3/c1-9-10(6-5-7-11(9)18)13(20)15(24)22-14(17(2,3)4)16(25)21-8-12(19)23/h5-7,14,20H,8H2,1-4H3,(H2,19,23)(H,21,25)(H,22,24). The average Bonchev–Trinajstić information content (AvgIpc) is 2.50. The number of carbonyl (C=O) groups excluding carboxylic acids is 3. The van der Waals surface area contributed by atoms with E-state index in [0.717, 1.165) is 0 Å². The first-order chi connectivity index (χ1) is 11.4. The van der Waals surface area contributed by atoms with Gasteiger partial charge in [-0.1, -0.05) is 32.9 Å². The lowest BCUT2D eigenvalue weighted by Gasteiger charge is -2.30. The van der Waals surface area contributed by atoms with Crippen molar-refractivity contribution in [3.63, 3.8) is 0 Å². The number of rotatable bonds is 6. The molecule has 0 aliphatic carbocycles. The van der Waals surface area contributed by atoms with Crippen molar-refractivity contribution in [1.29, 1.82) is 5.41 Å². The number of nitrogens with two attached hydrogens (primary N) is 1. The Hall–Kier alpha value is -2.77. The second kappa shape index (κ2) is 7.87. The summed E-state index contributed by atoms with van der Waals surface area (Å²) in [5.74, 6) is -2.65. The third-order valence-corrected chi connectivity index (χ3v) is 3.60. The average molecular weight is 350 g/mol. The van der Waals surface area contributed by atoms with Crippen molar-refractivity contribution in [2.45, 2.75) is 33.7 Å². The van der Waals surface area contributed by atoms with Crippen molar-refractivity contribution >= 4 is 23.4 Å². The quantitative estimate of drug-likeness (QED) is 0.562. The zero-order valence-corrected chi connectivity index (χ0v) is 14.7. The van der Waals surface area contributed by atoms with Gasteiger partial charge >= 0.3 is 0 Å². The van der Waals surface area contributed by atoms with Crippen LogP contribution in [-0.4, -0.2) is 36.0 Å². The second-order valence-electron chi connectivity index (χ2n) is 6.74. The first-order valence-corrected chi connectivity index (χ1v) is 7.66. The lowest BCUT2D eigenvalue weighted by Crippen LogP contribution is -2.55. The Labute approximate surface area is 145 Å². The minimum Gasteiger partial charge on any atom is -0.368 e. The van der Waals surface area contributed by atoms with Crippen LogP contribution < -0.4 is 16.4 Å². The van der Waals surface area contributed by atoms with E-state index in [0.29, 0.717) is 0 Å². The summed E-state index contributed by atoms with van der Waals surface area (Å²) >= 11 is 0. The maximum Gasteiger partial charge on any atom is 0.270 e. The van der Waals surface area contributed by atoms with E-state index < -0.39 is 40.7 Å². The second-order valence-corrected chi connectivity index (χ2v) is 6.74. The van der Waals surface area contributed by atoms with E-state index in [2.05, 4.69) is 10.6 Å². The van der Waals surface area contributed by atoms with Crippen molar-refractivity contribution in [3.8, 4) is 0 Å². The lowest BCUT2D eigenvalue weighted by molar-refractivity contribution is -0.130. The van der Waals surface area contributed by atoms with E-state index in [-0.39, 0.29) is 17.7 Å². The maximum atomic E-state index is 13.6. The van der Waals surface area contributed by atoms with Crippen LogP contribution >= 0.6 is 0 Å². The molecule has 0 aromatic heterocycles. The molecule has 136 valence electrons. The molecule has 1 aromatic rings. The molecule has 1 atom stereocenters. The molecule has 8 heteroatoms. The van der Waals surface area contributed by atoms with E-state index >= 15 is 0 Å². The van der Waals surface area contributed by atoms with Gasteiger partial charge in [0.15, 0.2) is 0 Å². The topological polar surface area (TPSA) is 125 Å². The molecule has 0 aliphatic rings. The Morgan fingerprint density at radius 1 is 1.28 bits per heavy atom. The fourth-order valence-electron chi connectivity index (χ4n) is 2.16. The molecular formula is C17H23FN4O3. The van der Waals surface area contributed by atoms with Gasteiger partial charge in [0.2, 0.25) is 11.8 Å². The summed E-state index contributed by atoms with van der Waals surface area (Å²) in [7, 11) is 0. The molecule has 3 amide bonds. The van der Waals surface area contributed by atoms with Gasteiger partial charge in [-0.25, -0.2) is 4.39 Å². The summed E-state index contributed by atoms with van der Waals surface area (Å²) in [6, 6.07) is 3.09. The number of hydrogen-bond donors (Lipinski definition) is 4. The Kier molecular flexibility index (Phi) is 6.38. The molecular weight excluding hydrogens is 327 g/mol. The van der Waals surface area contributed by atoms with E-state index in [1.807, 2.05) is 0 Å². The third kappa shape index (κ3) is 5.37. The summed E-state index contributed by atoms with van der Waals surface area (Å²) in [5, 5.41) is 12.8. The van der Waals surface area contributed by atoms with Crippen molar-refractivity contribution < 1.29 is 18.8 Å². The largest absolute Gasteiger partial charge is 0.368 e. The van der Waals surface area contributed by atoms with Gasteiger partial charge in [-0.3, -0.25) is 19.8 Å². The summed E-state index contributed by atoms with van der Waals surface area (Å²) in [6.45, 7) is 6.27. The molecule has 0 fully saturated rings. The fourth-order valence-corrected chi connectivity index (χ4v) is 2.16. The molecule has 0 saturated heterocycles. The molecule has 0 bridgehead atoms. The molecule has 7 nitrogen and oxygen atoms in total. The zero-order valence-electron chi connectivity index (χ0n) is 14.7. The number of amides is 3. The van der Waals surface area contributed by atoms with Gasteiger partial charge in [0.05, 0.1) is 6.54 Å². The Balaban J connectivity index is 2.98. The van der Waals surface area contributed by atoms with Crippen LogP contribution in [0.4, 0.5) is 4.39 Å². The highest BCUT2D eigenvalue weighted by Crippen LogP contribution is 2.20. The van der Waals surface area contributed by atoms with Crippen molar-refractivity contribution in [3.05, 3.63) is 35.1 Å². The normalized spacial score (nSPS) is 12.2. The summed E-state index contributed by atoms with van der Waals surface area (Å²) in [6.07, 6.45) is 0. The molecule has 0 saturated carbocycles. The van der Waals surface area contributed by atoms with Crippen LogP contribution in [0.15, 0.2) is 18.2 Å². The van der Waals surface area contributed by atoms with Gasteiger partial charge in [-0.15, -0.1) is 0 Å². The predicted octanol–water partition coefficient (Wildman–Crippen LogP) is 0.634. The molecule has 0 aliphatic heterocycles. The number of benzene rings is 1. The minimum absolute atomic E-state index is 0.141. The Morgan fingerprint density at radius 2 is 1.88 bits per heavy atom. The van der Waals surface area contributed by atoms with E-state index in [9.17, 15) is 18.8 Å². The highest BCUT2D eigenvalue weighted by atomic mass is 19.1. The molecule has 25 heavy (non-hydrogen) atoms. The Bertz CT molecular complexity index is 710. The van der Waals surface area contributed by atoms with Crippen LogP contribution in [0, 0.1) is 23.6 Å². The van der Waals surface area contributed by atoms with Crippen LogP contribution in [-0.2, 0) is 14.4 Å². The monoisotopic (exact) mass is 350 g/mol. The van der Waals surface area contributed by atoms with Crippen molar-refractivity contribution in [2.24, 2.45) is 11.1 Å². The smallest absolute Gasteiger partial charge is 0.270 e. The van der Waals surface area contributed by atoms with Gasteiger partial charge in [-0.2, -0.15) is 0 Å². The zero-order chi connectivity index (χ0) is 19.4. The SMILES string of the molecule is Cc1c(F)cccc1C(=N)C(=O)NC(C(=O)NCC(N)=O)C(C)(C)C. The van der Waals surface area contributed by atoms with Gasteiger partial charge in [0.25, 0.3) is 5.91 Å². The number of hydrogen-bond acceptors (Lipinski definition) is 4. The molecule has 1 aromatic carbocycles. The number of carbonyl (C=O) groups is 3. The molecule has 0 spiro atoms. The summed E-state index contributed by atoms with van der Waals surface area (Å²) in [5.41, 5.74) is 4.18. The highest BCUT2D eigenvalue weighted by molar-refractivity contribution is 6.44. The summed E-state index contributed by atoms with van der Waals surface area (Å²) in [4.78, 5) is 35.4. The van der Waals surface area contributed by atoms with Crippen LogP contribution in [0.3, 0.4) is 0 Å². The fraction of sp³-hybridized carbons (Fsp3) is 0.412. The highest BCUT2D eigenvalue weighted by Gasteiger charge is 2.34. The molecule has 0 heterocycles. The van der Waals surface area contributed by atoms with Gasteiger partial charge in [0.1, 0.15) is 17.6 Å². The van der Waals surface area contributed by atoms with Crippen LogP contribution in [0.5, 0.6) is 0 Å². The first kappa shape index (κ1) is 20.3. The summed E-state index contributed by atoms with van der Waals surface area (Å²) < 4.78 is 13.6. The molecule has 5 N–H and O–H groups in total. The molecule has 1 unspecified atom stereocenters. The first-order valence-electron chi connectivity index (χ1n) is 7.66. The van der Waals surface area contributed by atoms with Crippen LogP contribution in [0.25, 0.3) is 0 Å². The van der Waals surface area contributed by atoms with Gasteiger partial charge < -0.3 is 16.4 Å². The number of nitrogens with one attached hydrogen (secondary N) is 3. The van der Waals surface area contributed by atoms with E-state index in [1.54, 1.807) is 20.8 Å². The number of primary amides is 1. The predicted molar refractivity (Wildman–Crippen MR) is 91.6 cm³/mol. The Morgan fingerprint density at radius 3 is 2.40 bits per heavy atom. The lowest BCUT2D eigenvalue weighted by atomic mass is 9.85. The maximum absolute atomic E-state index is 13.6. The van der Waals surface area contributed by atoms with Crippen LogP contribution in [0.2, 0.25) is 0 Å². The molecule has 1 rings (SSSR count). The minimum atomic E-state index is -1.01. The van der Waals surface area contributed by atoms with E-state index in [4.69, 9.17) is 11.1 Å². The van der Waals surface area contributed by atoms with Crippen LogP contribution in [0.1, 0.15) is 31.9 Å². The van der Waals surface area contributed by atoms with Gasteiger partial charge in [-0.05, 0) is 24.0 Å². The van der Waals surface area contributed by atoms with Gasteiger partial charge in [0, 0.05) is 5.56 Å². The third-order valence-electron chi connectivity index (χ3n) is 3.60. The van der Waals surface area contributed by atoms with E-state index in [1.165, 1.54) is 25.1 Å². The molecule has 0 radical (unpaired) electrons. The number of halogens is 1.